The van der Waals surface area contributed by atoms with E-state index in [1.54, 1.807) is 17.1 Å². The second-order valence-electron chi connectivity index (χ2n) is 7.94. The standard InChI is InChI=1S/C23H22N6O/c1-28-6-5-15-7-16(3-4-17(15)13-28)23(30)10-20-9-18-8-19(11-25-21(18)12-24-20)22-14-29(2)27-26-22/h3-4,7-9,11-12,14H,5-6,10,13H2,1-2H3. The van der Waals surface area contributed by atoms with Crippen LogP contribution in [0.3, 0.4) is 0 Å². The first-order valence-corrected chi connectivity index (χ1v) is 10.00. The van der Waals surface area contributed by atoms with E-state index in [1.807, 2.05) is 31.4 Å². The molecule has 0 saturated heterocycles. The zero-order valence-electron chi connectivity index (χ0n) is 17.0. The fraction of sp³-hybridized carbons (Fsp3) is 0.261. The van der Waals surface area contributed by atoms with E-state index >= 15 is 0 Å². The van der Waals surface area contributed by atoms with E-state index in [0.717, 1.165) is 52.9 Å². The zero-order valence-corrected chi connectivity index (χ0v) is 17.0. The maximum atomic E-state index is 12.9. The van der Waals surface area contributed by atoms with Crippen LogP contribution >= 0.6 is 0 Å². The minimum atomic E-state index is 0.0848. The summed E-state index contributed by atoms with van der Waals surface area (Å²) < 4.78 is 1.66. The maximum absolute atomic E-state index is 12.9. The number of carbonyl (C=O) groups excluding carboxylic acids is 1. The molecular weight excluding hydrogens is 376 g/mol. The summed E-state index contributed by atoms with van der Waals surface area (Å²) in [5.41, 5.74) is 6.53. The highest BCUT2D eigenvalue weighted by molar-refractivity contribution is 5.98. The van der Waals surface area contributed by atoms with Gasteiger partial charge in [-0.15, -0.1) is 5.10 Å². The fourth-order valence-corrected chi connectivity index (χ4v) is 3.93. The number of Topliss-reactive ketones (excluding diaryl/α,β-unsaturated/α-hetero) is 1. The van der Waals surface area contributed by atoms with Crippen LogP contribution in [0.2, 0.25) is 0 Å². The van der Waals surface area contributed by atoms with Crippen molar-refractivity contribution in [2.45, 2.75) is 19.4 Å². The van der Waals surface area contributed by atoms with Gasteiger partial charge < -0.3 is 4.90 Å². The normalized spacial score (nSPS) is 14.1. The summed E-state index contributed by atoms with van der Waals surface area (Å²) in [4.78, 5) is 24.1. The van der Waals surface area contributed by atoms with Crippen LogP contribution in [0.15, 0.2) is 48.9 Å². The van der Waals surface area contributed by atoms with Gasteiger partial charge in [-0.05, 0) is 42.8 Å². The summed E-state index contributed by atoms with van der Waals surface area (Å²) in [5, 5.41) is 9.06. The highest BCUT2D eigenvalue weighted by Crippen LogP contribution is 2.23. The summed E-state index contributed by atoms with van der Waals surface area (Å²) >= 11 is 0. The highest BCUT2D eigenvalue weighted by Gasteiger charge is 2.16. The number of ketones is 1. The molecule has 1 aliphatic heterocycles. The molecule has 30 heavy (non-hydrogen) atoms. The Bertz CT molecular complexity index is 1260. The lowest BCUT2D eigenvalue weighted by molar-refractivity contribution is 0.0992. The molecule has 0 aliphatic carbocycles. The van der Waals surface area contributed by atoms with Crippen molar-refractivity contribution >= 4 is 16.7 Å². The molecule has 0 amide bonds. The van der Waals surface area contributed by atoms with Crippen LogP contribution in [-0.2, 0) is 26.4 Å². The second kappa shape index (κ2) is 7.42. The molecule has 0 bridgehead atoms. The molecule has 7 nitrogen and oxygen atoms in total. The Morgan fingerprint density at radius 3 is 2.80 bits per heavy atom. The van der Waals surface area contributed by atoms with E-state index in [2.05, 4.69) is 44.4 Å². The van der Waals surface area contributed by atoms with Gasteiger partial charge in [0.2, 0.25) is 0 Å². The van der Waals surface area contributed by atoms with Crippen LogP contribution in [0.1, 0.15) is 27.2 Å². The van der Waals surface area contributed by atoms with Crippen LogP contribution in [0.5, 0.6) is 0 Å². The SMILES string of the molecule is CN1CCc2cc(C(=O)Cc3cc4cc(-c5cn(C)nn5)cnc4cn3)ccc2C1. The number of hydrogen-bond acceptors (Lipinski definition) is 6. The Hall–Kier alpha value is -3.45. The number of aryl methyl sites for hydroxylation is 1. The van der Waals surface area contributed by atoms with Gasteiger partial charge in [0.1, 0.15) is 5.69 Å². The van der Waals surface area contributed by atoms with Crippen LogP contribution in [0.4, 0.5) is 0 Å². The summed E-state index contributed by atoms with van der Waals surface area (Å²) in [6, 6.07) is 10.0. The monoisotopic (exact) mass is 398 g/mol. The van der Waals surface area contributed by atoms with Crippen molar-refractivity contribution in [3.05, 3.63) is 71.3 Å². The van der Waals surface area contributed by atoms with E-state index in [4.69, 9.17) is 0 Å². The molecule has 0 radical (unpaired) electrons. The Morgan fingerprint density at radius 2 is 1.97 bits per heavy atom. The molecule has 7 heteroatoms. The molecular formula is C23H22N6O. The van der Waals surface area contributed by atoms with Gasteiger partial charge in [-0.1, -0.05) is 17.3 Å². The van der Waals surface area contributed by atoms with Crippen molar-refractivity contribution in [2.75, 3.05) is 13.6 Å². The first kappa shape index (κ1) is 18.6. The quantitative estimate of drug-likeness (QED) is 0.492. The van der Waals surface area contributed by atoms with Crippen molar-refractivity contribution in [2.24, 2.45) is 7.05 Å². The molecule has 1 aromatic carbocycles. The number of hydrogen-bond donors (Lipinski definition) is 0. The van der Waals surface area contributed by atoms with Gasteiger partial charge >= 0.3 is 0 Å². The Balaban J connectivity index is 1.40. The third-order valence-electron chi connectivity index (χ3n) is 5.60. The number of pyridine rings is 2. The van der Waals surface area contributed by atoms with E-state index in [-0.39, 0.29) is 12.2 Å². The predicted octanol–water partition coefficient (Wildman–Crippen LogP) is 2.84. The maximum Gasteiger partial charge on any atom is 0.168 e. The van der Waals surface area contributed by atoms with Gasteiger partial charge in [0, 0.05) is 48.5 Å². The number of benzene rings is 1. The summed E-state index contributed by atoms with van der Waals surface area (Å²) in [7, 11) is 3.95. The lowest BCUT2D eigenvalue weighted by Gasteiger charge is -2.25. The number of fused-ring (bicyclic) bond motifs is 2. The molecule has 0 saturated carbocycles. The van der Waals surface area contributed by atoms with Crippen LogP contribution in [-0.4, -0.2) is 49.2 Å². The molecule has 150 valence electrons. The summed E-state index contributed by atoms with van der Waals surface area (Å²) in [6.45, 7) is 1.97. The van der Waals surface area contributed by atoms with Gasteiger partial charge in [0.15, 0.2) is 5.78 Å². The molecule has 4 heterocycles. The molecule has 0 spiro atoms. The van der Waals surface area contributed by atoms with E-state index < -0.39 is 0 Å². The topological polar surface area (TPSA) is 76.8 Å². The van der Waals surface area contributed by atoms with Gasteiger partial charge in [-0.25, -0.2) is 0 Å². The zero-order chi connectivity index (χ0) is 20.7. The fourth-order valence-electron chi connectivity index (χ4n) is 3.93. The van der Waals surface area contributed by atoms with Crippen molar-refractivity contribution in [1.29, 1.82) is 0 Å². The van der Waals surface area contributed by atoms with Crippen LogP contribution in [0.25, 0.3) is 22.2 Å². The van der Waals surface area contributed by atoms with Crippen molar-refractivity contribution in [3.63, 3.8) is 0 Å². The van der Waals surface area contributed by atoms with E-state index in [1.165, 1.54) is 11.1 Å². The van der Waals surface area contributed by atoms with Crippen LogP contribution < -0.4 is 0 Å². The third kappa shape index (κ3) is 3.59. The number of aromatic nitrogens is 5. The predicted molar refractivity (Wildman–Crippen MR) is 114 cm³/mol. The Labute approximate surface area is 174 Å². The smallest absolute Gasteiger partial charge is 0.168 e. The van der Waals surface area contributed by atoms with Gasteiger partial charge in [-0.2, -0.15) is 0 Å². The molecule has 0 atom stereocenters. The molecule has 0 fully saturated rings. The first-order chi connectivity index (χ1) is 14.5. The van der Waals surface area contributed by atoms with Gasteiger partial charge in [0.05, 0.1) is 24.3 Å². The molecule has 0 N–H and O–H groups in total. The Morgan fingerprint density at radius 1 is 1.07 bits per heavy atom. The third-order valence-corrected chi connectivity index (χ3v) is 5.60. The largest absolute Gasteiger partial charge is 0.302 e. The van der Waals surface area contributed by atoms with E-state index in [9.17, 15) is 4.79 Å². The minimum absolute atomic E-state index is 0.0848. The first-order valence-electron chi connectivity index (χ1n) is 10.00. The van der Waals surface area contributed by atoms with Crippen molar-refractivity contribution in [1.82, 2.24) is 29.9 Å². The average Bonchev–Trinajstić information content (AvgIpc) is 3.19. The van der Waals surface area contributed by atoms with Gasteiger partial charge in [0.25, 0.3) is 0 Å². The van der Waals surface area contributed by atoms with Crippen molar-refractivity contribution < 1.29 is 4.79 Å². The number of nitrogens with zero attached hydrogens (tertiary/aromatic N) is 6. The number of carbonyl (C=O) groups is 1. The lowest BCUT2D eigenvalue weighted by Crippen LogP contribution is -2.26. The summed E-state index contributed by atoms with van der Waals surface area (Å²) in [6.07, 6.45) is 6.59. The second-order valence-corrected chi connectivity index (χ2v) is 7.94. The molecule has 3 aromatic heterocycles. The molecule has 5 rings (SSSR count). The van der Waals surface area contributed by atoms with Crippen molar-refractivity contribution in [3.8, 4) is 11.3 Å². The number of rotatable bonds is 4. The molecule has 1 aliphatic rings. The van der Waals surface area contributed by atoms with Gasteiger partial charge in [-0.3, -0.25) is 19.4 Å². The minimum Gasteiger partial charge on any atom is -0.302 e. The number of likely N-dealkylation sites (N-methyl/N-ethyl adjacent to an activating group) is 1. The molecule has 0 unspecified atom stereocenters. The Kier molecular flexibility index (Phi) is 4.59. The average molecular weight is 398 g/mol. The lowest BCUT2D eigenvalue weighted by atomic mass is 9.95. The van der Waals surface area contributed by atoms with E-state index in [0.29, 0.717) is 0 Å². The summed E-state index contributed by atoms with van der Waals surface area (Å²) in [5.74, 6) is 0.0848. The highest BCUT2D eigenvalue weighted by atomic mass is 16.1. The molecule has 4 aromatic rings. The van der Waals surface area contributed by atoms with Crippen LogP contribution in [0, 0.1) is 0 Å².